The third-order valence-electron chi connectivity index (χ3n) is 3.11. The normalized spacial score (nSPS) is 18.4. The molecule has 0 radical (unpaired) electrons. The molecule has 1 atom stereocenters. The molecule has 0 aliphatic heterocycles. The highest BCUT2D eigenvalue weighted by atomic mass is 16.5. The van der Waals surface area contributed by atoms with Crippen LogP contribution in [0.4, 0.5) is 0 Å². The third kappa shape index (κ3) is 5.36. The van der Waals surface area contributed by atoms with E-state index in [-0.39, 0.29) is 5.97 Å². The number of nitrogens with one attached hydrogen (secondary N) is 1. The minimum atomic E-state index is -0.691. The lowest BCUT2D eigenvalue weighted by atomic mass is 10.0. The molecule has 0 amide bonds. The number of carbonyl (C=O) groups excluding carboxylic acids is 1. The molecular formula is C14H27NO3. The highest BCUT2D eigenvalue weighted by molar-refractivity contribution is 5.80. The van der Waals surface area contributed by atoms with Crippen molar-refractivity contribution in [1.82, 2.24) is 5.32 Å². The van der Waals surface area contributed by atoms with Gasteiger partial charge in [0.05, 0.1) is 13.2 Å². The molecule has 0 heterocycles. The summed E-state index contributed by atoms with van der Waals surface area (Å²) in [6.45, 7) is 7.40. The topological polar surface area (TPSA) is 47.6 Å². The van der Waals surface area contributed by atoms with E-state index in [1.165, 1.54) is 12.8 Å². The van der Waals surface area contributed by atoms with E-state index >= 15 is 0 Å². The third-order valence-corrected chi connectivity index (χ3v) is 3.11. The van der Waals surface area contributed by atoms with Gasteiger partial charge in [0.25, 0.3) is 0 Å². The lowest BCUT2D eigenvalue weighted by molar-refractivity contribution is -0.153. The zero-order chi connectivity index (χ0) is 13.4. The minimum absolute atomic E-state index is 0.201. The molecule has 4 heteroatoms. The number of carbonyl (C=O) groups is 1. The summed E-state index contributed by atoms with van der Waals surface area (Å²) < 4.78 is 10.8. The molecule has 18 heavy (non-hydrogen) atoms. The zero-order valence-corrected chi connectivity index (χ0v) is 12.0. The van der Waals surface area contributed by atoms with Gasteiger partial charge in [0.15, 0.2) is 0 Å². The fraction of sp³-hybridized carbons (Fsp3) is 0.929. The van der Waals surface area contributed by atoms with Crippen molar-refractivity contribution in [2.24, 2.45) is 0 Å². The summed E-state index contributed by atoms with van der Waals surface area (Å²) in [5.74, 6) is -0.201. The average Bonchev–Trinajstić information content (AvgIpc) is 3.13. The van der Waals surface area contributed by atoms with E-state index in [0.717, 1.165) is 25.9 Å². The molecule has 1 saturated carbocycles. The first kappa shape index (κ1) is 15.4. The molecule has 4 nitrogen and oxygen atoms in total. The van der Waals surface area contributed by atoms with Crippen LogP contribution in [0.25, 0.3) is 0 Å². The number of rotatable bonds is 10. The summed E-state index contributed by atoms with van der Waals surface area (Å²) in [5.41, 5.74) is -0.691. The van der Waals surface area contributed by atoms with Gasteiger partial charge >= 0.3 is 5.97 Å². The Kier molecular flexibility index (Phi) is 6.65. The second-order valence-electron chi connectivity index (χ2n) is 5.23. The van der Waals surface area contributed by atoms with Crippen molar-refractivity contribution in [3.8, 4) is 0 Å². The van der Waals surface area contributed by atoms with Crippen molar-refractivity contribution in [1.29, 1.82) is 0 Å². The maximum absolute atomic E-state index is 12.0. The van der Waals surface area contributed by atoms with Gasteiger partial charge in [-0.25, -0.2) is 4.79 Å². The van der Waals surface area contributed by atoms with Crippen LogP contribution >= 0.6 is 0 Å². The number of hydrogen-bond acceptors (Lipinski definition) is 4. The lowest BCUT2D eigenvalue weighted by Gasteiger charge is -2.28. The van der Waals surface area contributed by atoms with Gasteiger partial charge in [-0.15, -0.1) is 0 Å². The maximum Gasteiger partial charge on any atom is 0.328 e. The first-order chi connectivity index (χ1) is 8.62. The summed E-state index contributed by atoms with van der Waals surface area (Å²) in [7, 11) is 0. The van der Waals surface area contributed by atoms with Gasteiger partial charge in [-0.3, -0.25) is 5.32 Å². The zero-order valence-electron chi connectivity index (χ0n) is 12.0. The van der Waals surface area contributed by atoms with Crippen molar-refractivity contribution < 1.29 is 14.3 Å². The standard InChI is InChI=1S/C14H27NO3/c1-4-6-7-10-17-11-14(3,13(16)18-5-2)15-12-8-9-12/h12,15H,4-11H2,1-3H3. The van der Waals surface area contributed by atoms with Crippen LogP contribution in [-0.4, -0.2) is 37.4 Å². The van der Waals surface area contributed by atoms with E-state index in [9.17, 15) is 4.79 Å². The number of esters is 1. The van der Waals surface area contributed by atoms with Crippen molar-refractivity contribution in [3.63, 3.8) is 0 Å². The van der Waals surface area contributed by atoms with Gasteiger partial charge in [0.1, 0.15) is 5.54 Å². The fourth-order valence-corrected chi connectivity index (χ4v) is 1.86. The monoisotopic (exact) mass is 257 g/mol. The Hall–Kier alpha value is -0.610. The van der Waals surface area contributed by atoms with Gasteiger partial charge in [-0.1, -0.05) is 19.8 Å². The minimum Gasteiger partial charge on any atom is -0.465 e. The molecule has 1 aliphatic rings. The van der Waals surface area contributed by atoms with Gasteiger partial charge in [0.2, 0.25) is 0 Å². The predicted octanol–water partition coefficient (Wildman–Crippen LogP) is 2.27. The Morgan fingerprint density at radius 3 is 2.61 bits per heavy atom. The predicted molar refractivity (Wildman–Crippen MR) is 71.5 cm³/mol. The van der Waals surface area contributed by atoms with Crippen molar-refractivity contribution >= 4 is 5.97 Å². The molecule has 1 aliphatic carbocycles. The first-order valence-electron chi connectivity index (χ1n) is 7.15. The van der Waals surface area contributed by atoms with E-state index in [1.54, 1.807) is 0 Å². The lowest BCUT2D eigenvalue weighted by Crippen LogP contribution is -2.55. The molecular weight excluding hydrogens is 230 g/mol. The molecule has 1 N–H and O–H groups in total. The van der Waals surface area contributed by atoms with Crippen LogP contribution in [0.3, 0.4) is 0 Å². The van der Waals surface area contributed by atoms with E-state index in [0.29, 0.717) is 19.3 Å². The smallest absolute Gasteiger partial charge is 0.328 e. The van der Waals surface area contributed by atoms with Crippen LogP contribution in [0, 0.1) is 0 Å². The summed E-state index contributed by atoms with van der Waals surface area (Å²) in [6, 6.07) is 0.457. The quantitative estimate of drug-likeness (QED) is 0.482. The molecule has 1 unspecified atom stereocenters. The Labute approximate surface area is 110 Å². The molecule has 0 saturated heterocycles. The number of ether oxygens (including phenoxy) is 2. The largest absolute Gasteiger partial charge is 0.465 e. The Bertz CT molecular complexity index is 253. The second kappa shape index (κ2) is 7.74. The summed E-state index contributed by atoms with van der Waals surface area (Å²) in [4.78, 5) is 12.0. The highest BCUT2D eigenvalue weighted by Gasteiger charge is 2.39. The van der Waals surface area contributed by atoms with E-state index < -0.39 is 5.54 Å². The van der Waals surface area contributed by atoms with Gasteiger partial charge in [-0.05, 0) is 33.1 Å². The molecule has 0 aromatic carbocycles. The fourth-order valence-electron chi connectivity index (χ4n) is 1.86. The first-order valence-corrected chi connectivity index (χ1v) is 7.15. The van der Waals surface area contributed by atoms with Gasteiger partial charge in [-0.2, -0.15) is 0 Å². The molecule has 0 aromatic rings. The van der Waals surface area contributed by atoms with Crippen LogP contribution < -0.4 is 5.32 Å². The molecule has 0 aromatic heterocycles. The summed E-state index contributed by atoms with van der Waals surface area (Å²) in [6.07, 6.45) is 5.69. The SMILES string of the molecule is CCCCCOCC(C)(NC1CC1)C(=O)OCC. The summed E-state index contributed by atoms with van der Waals surface area (Å²) >= 11 is 0. The maximum atomic E-state index is 12.0. The van der Waals surface area contributed by atoms with Crippen LogP contribution in [0.15, 0.2) is 0 Å². The van der Waals surface area contributed by atoms with Crippen LogP contribution in [0.1, 0.15) is 52.9 Å². The van der Waals surface area contributed by atoms with Crippen LogP contribution in [0.5, 0.6) is 0 Å². The summed E-state index contributed by atoms with van der Waals surface area (Å²) in [5, 5.41) is 3.34. The molecule has 0 spiro atoms. The van der Waals surface area contributed by atoms with E-state index in [1.807, 2.05) is 13.8 Å². The van der Waals surface area contributed by atoms with Crippen LogP contribution in [0.2, 0.25) is 0 Å². The Morgan fingerprint density at radius 2 is 2.06 bits per heavy atom. The van der Waals surface area contributed by atoms with Gasteiger partial charge in [0, 0.05) is 12.6 Å². The average molecular weight is 257 g/mol. The number of unbranched alkanes of at least 4 members (excludes halogenated alkanes) is 2. The molecule has 0 bridgehead atoms. The van der Waals surface area contributed by atoms with Crippen molar-refractivity contribution in [3.05, 3.63) is 0 Å². The highest BCUT2D eigenvalue weighted by Crippen LogP contribution is 2.23. The molecule has 1 fully saturated rings. The van der Waals surface area contributed by atoms with E-state index in [4.69, 9.17) is 9.47 Å². The Balaban J connectivity index is 2.35. The van der Waals surface area contributed by atoms with Crippen LogP contribution in [-0.2, 0) is 14.3 Å². The Morgan fingerprint density at radius 1 is 1.33 bits per heavy atom. The van der Waals surface area contributed by atoms with Gasteiger partial charge < -0.3 is 9.47 Å². The van der Waals surface area contributed by atoms with Crippen molar-refractivity contribution in [2.75, 3.05) is 19.8 Å². The van der Waals surface area contributed by atoms with E-state index in [2.05, 4.69) is 12.2 Å². The number of hydrogen-bond donors (Lipinski definition) is 1. The molecule has 1 rings (SSSR count). The second-order valence-corrected chi connectivity index (χ2v) is 5.23. The molecule has 106 valence electrons. The van der Waals surface area contributed by atoms with Crippen molar-refractivity contribution in [2.45, 2.75) is 64.5 Å².